The molecule has 2 heterocycles. The van der Waals surface area contributed by atoms with Crippen molar-refractivity contribution in [2.75, 3.05) is 13.1 Å². The summed E-state index contributed by atoms with van der Waals surface area (Å²) in [5.41, 5.74) is -0.228. The maximum atomic E-state index is 12.2. The molecule has 0 saturated carbocycles. The Balaban J connectivity index is 1.75. The highest BCUT2D eigenvalue weighted by Gasteiger charge is 2.39. The second-order valence-electron chi connectivity index (χ2n) is 7.15. The third-order valence-corrected chi connectivity index (χ3v) is 4.11. The van der Waals surface area contributed by atoms with Gasteiger partial charge >= 0.3 is 0 Å². The average Bonchev–Trinajstić information content (AvgIpc) is 2.97. The molecule has 0 radical (unpaired) electrons. The molecule has 1 aliphatic heterocycles. The molecule has 0 aliphatic carbocycles. The van der Waals surface area contributed by atoms with Crippen molar-refractivity contribution in [1.29, 1.82) is 0 Å². The molecule has 1 fully saturated rings. The fourth-order valence-corrected chi connectivity index (χ4v) is 2.89. The highest BCUT2D eigenvalue weighted by Crippen LogP contribution is 2.25. The zero-order valence-electron chi connectivity index (χ0n) is 14.7. The molecule has 0 spiro atoms. The van der Waals surface area contributed by atoms with Crippen LogP contribution in [0.3, 0.4) is 0 Å². The van der Waals surface area contributed by atoms with Crippen LogP contribution in [-0.4, -0.2) is 50.1 Å². The van der Waals surface area contributed by atoms with Crippen molar-refractivity contribution >= 4 is 11.8 Å². The van der Waals surface area contributed by atoms with E-state index in [2.05, 4.69) is 15.4 Å². The number of hydrogen-bond acceptors (Lipinski definition) is 4. The Kier molecular flexibility index (Phi) is 5.06. The Morgan fingerprint density at radius 2 is 2.04 bits per heavy atom. The van der Waals surface area contributed by atoms with E-state index in [4.69, 9.17) is 0 Å². The first kappa shape index (κ1) is 17.4. The van der Waals surface area contributed by atoms with Crippen LogP contribution in [0.2, 0.25) is 0 Å². The first-order chi connectivity index (χ1) is 10.7. The highest BCUT2D eigenvalue weighted by atomic mass is 16.2. The lowest BCUT2D eigenvalue weighted by Gasteiger charge is -2.31. The molecule has 1 aromatic rings. The first-order valence-electron chi connectivity index (χ1n) is 8.14. The van der Waals surface area contributed by atoms with Crippen molar-refractivity contribution in [2.45, 2.75) is 59.5 Å². The van der Waals surface area contributed by atoms with Gasteiger partial charge in [0.2, 0.25) is 11.8 Å². The number of amides is 2. The van der Waals surface area contributed by atoms with Gasteiger partial charge in [-0.25, -0.2) is 4.98 Å². The molecule has 0 bridgehead atoms. The molecule has 1 N–H and O–H groups in total. The van der Waals surface area contributed by atoms with E-state index in [0.717, 1.165) is 24.6 Å². The monoisotopic (exact) mass is 321 g/mol. The summed E-state index contributed by atoms with van der Waals surface area (Å²) in [6.07, 6.45) is 1.10. The van der Waals surface area contributed by atoms with Crippen LogP contribution in [0.5, 0.6) is 0 Å². The van der Waals surface area contributed by atoms with Gasteiger partial charge in [-0.2, -0.15) is 5.10 Å². The summed E-state index contributed by atoms with van der Waals surface area (Å²) in [5.74, 6) is 1.44. The van der Waals surface area contributed by atoms with Crippen molar-refractivity contribution < 1.29 is 9.59 Å². The highest BCUT2D eigenvalue weighted by molar-refractivity contribution is 5.89. The quantitative estimate of drug-likeness (QED) is 0.822. The van der Waals surface area contributed by atoms with Crippen molar-refractivity contribution in [3.05, 3.63) is 11.6 Å². The van der Waals surface area contributed by atoms with Crippen molar-refractivity contribution in [1.82, 2.24) is 25.0 Å². The zero-order chi connectivity index (χ0) is 17.2. The number of hydrogen-bond donors (Lipinski definition) is 1. The summed E-state index contributed by atoms with van der Waals surface area (Å²) in [6, 6.07) is 0. The molecule has 2 amide bonds. The Morgan fingerprint density at radius 3 is 2.57 bits per heavy atom. The van der Waals surface area contributed by atoms with Gasteiger partial charge in [-0.3, -0.25) is 14.3 Å². The topological polar surface area (TPSA) is 80.1 Å². The maximum Gasteiger partial charge on any atom is 0.225 e. The van der Waals surface area contributed by atoms with Gasteiger partial charge in [0.15, 0.2) is 0 Å². The molecule has 1 aromatic heterocycles. The summed E-state index contributed by atoms with van der Waals surface area (Å²) in [4.78, 5) is 30.3. The Bertz CT molecular complexity index is 588. The van der Waals surface area contributed by atoms with Crippen molar-refractivity contribution in [2.24, 2.45) is 5.92 Å². The number of aromatic nitrogens is 3. The summed E-state index contributed by atoms with van der Waals surface area (Å²) < 4.78 is 1.85. The minimum atomic E-state index is -0.239. The normalized spacial score (nSPS) is 18.6. The lowest BCUT2D eigenvalue weighted by molar-refractivity contribution is -0.132. The molecule has 1 saturated heterocycles. The first-order valence-corrected chi connectivity index (χ1v) is 8.14. The Morgan fingerprint density at radius 1 is 1.35 bits per heavy atom. The zero-order valence-corrected chi connectivity index (χ0v) is 14.7. The molecule has 1 aliphatic rings. The van der Waals surface area contributed by atoms with Crippen LogP contribution >= 0.6 is 0 Å². The van der Waals surface area contributed by atoms with Crippen molar-refractivity contribution in [3.63, 3.8) is 0 Å². The van der Waals surface area contributed by atoms with Gasteiger partial charge in [0, 0.05) is 31.6 Å². The predicted molar refractivity (Wildman–Crippen MR) is 86.7 cm³/mol. The van der Waals surface area contributed by atoms with Crippen molar-refractivity contribution in [3.8, 4) is 0 Å². The summed E-state index contributed by atoms with van der Waals surface area (Å²) >= 11 is 0. The van der Waals surface area contributed by atoms with E-state index in [1.54, 1.807) is 4.90 Å². The van der Waals surface area contributed by atoms with E-state index in [9.17, 15) is 9.59 Å². The van der Waals surface area contributed by atoms with Gasteiger partial charge in [0.25, 0.3) is 0 Å². The minimum Gasteiger partial charge on any atom is -0.356 e. The van der Waals surface area contributed by atoms with Gasteiger partial charge in [-0.1, -0.05) is 0 Å². The van der Waals surface area contributed by atoms with Crippen LogP contribution in [-0.2, 0) is 16.1 Å². The number of rotatable bonds is 5. The van der Waals surface area contributed by atoms with Crippen LogP contribution in [0.15, 0.2) is 0 Å². The second-order valence-corrected chi connectivity index (χ2v) is 7.15. The SMILES string of the molecule is Cc1nc(C)n(CCCNC(=O)[C@H]2CC(=O)N(C(C)(C)C)C2)n1. The standard InChI is InChI=1S/C16H27N5O2/c1-11-18-12(2)21(19-11)8-6-7-17-15(23)13-9-14(22)20(10-13)16(3,4)5/h13H,6-10H2,1-5H3,(H,17,23)/t13-/m0/s1. The molecule has 23 heavy (non-hydrogen) atoms. The second kappa shape index (κ2) is 6.68. The lowest BCUT2D eigenvalue weighted by Crippen LogP contribution is -2.43. The van der Waals surface area contributed by atoms with Crippen LogP contribution in [0.25, 0.3) is 0 Å². The largest absolute Gasteiger partial charge is 0.356 e. The molecule has 1 atom stereocenters. The van der Waals surface area contributed by atoms with Gasteiger partial charge in [-0.05, 0) is 41.0 Å². The van der Waals surface area contributed by atoms with E-state index < -0.39 is 0 Å². The molecular formula is C16H27N5O2. The van der Waals surface area contributed by atoms with Gasteiger partial charge in [0.05, 0.1) is 5.92 Å². The minimum absolute atomic E-state index is 0.0309. The molecule has 0 aromatic carbocycles. The summed E-state index contributed by atoms with van der Waals surface area (Å²) in [5, 5.41) is 7.23. The number of aryl methyl sites for hydroxylation is 3. The van der Waals surface area contributed by atoms with Gasteiger partial charge in [-0.15, -0.1) is 0 Å². The van der Waals surface area contributed by atoms with Crippen LogP contribution in [0, 0.1) is 19.8 Å². The molecular weight excluding hydrogens is 294 g/mol. The fraction of sp³-hybridized carbons (Fsp3) is 0.750. The smallest absolute Gasteiger partial charge is 0.225 e. The molecule has 128 valence electrons. The third-order valence-electron chi connectivity index (χ3n) is 4.11. The molecule has 7 nitrogen and oxygen atoms in total. The number of carbonyl (C=O) groups is 2. The van der Waals surface area contributed by atoms with E-state index in [1.165, 1.54) is 0 Å². The number of nitrogens with one attached hydrogen (secondary N) is 1. The maximum absolute atomic E-state index is 12.2. The van der Waals surface area contributed by atoms with Gasteiger partial charge < -0.3 is 10.2 Å². The Hall–Kier alpha value is -1.92. The lowest BCUT2D eigenvalue weighted by atomic mass is 10.1. The van der Waals surface area contributed by atoms with Crippen LogP contribution < -0.4 is 5.32 Å². The third kappa shape index (κ3) is 4.30. The van der Waals surface area contributed by atoms with Crippen LogP contribution in [0.1, 0.15) is 45.3 Å². The van der Waals surface area contributed by atoms with E-state index in [1.807, 2.05) is 39.3 Å². The van der Waals surface area contributed by atoms with E-state index in [-0.39, 0.29) is 23.3 Å². The summed E-state index contributed by atoms with van der Waals surface area (Å²) in [7, 11) is 0. The fourth-order valence-electron chi connectivity index (χ4n) is 2.89. The Labute approximate surface area is 137 Å². The molecule has 0 unspecified atom stereocenters. The number of likely N-dealkylation sites (tertiary alicyclic amines) is 1. The van der Waals surface area contributed by atoms with Crippen LogP contribution in [0.4, 0.5) is 0 Å². The average molecular weight is 321 g/mol. The van der Waals surface area contributed by atoms with E-state index >= 15 is 0 Å². The number of nitrogens with zero attached hydrogens (tertiary/aromatic N) is 4. The molecule has 2 rings (SSSR count). The van der Waals surface area contributed by atoms with Gasteiger partial charge in [0.1, 0.15) is 11.6 Å². The summed E-state index contributed by atoms with van der Waals surface area (Å²) in [6.45, 7) is 11.6. The molecule has 7 heteroatoms. The predicted octanol–water partition coefficient (Wildman–Crippen LogP) is 1.05. The number of carbonyl (C=O) groups excluding carboxylic acids is 2. The van der Waals surface area contributed by atoms with E-state index in [0.29, 0.717) is 19.5 Å².